The molecule has 4 rings (SSSR count). The SMILES string of the molecule is CCc1nccn1-c1nccnc1C1CCN(Cc2ccc(OC)cc2)CC1. The summed E-state index contributed by atoms with van der Waals surface area (Å²) in [6, 6.07) is 8.36. The number of hydrogen-bond donors (Lipinski definition) is 0. The fourth-order valence-electron chi connectivity index (χ4n) is 3.96. The van der Waals surface area contributed by atoms with Gasteiger partial charge in [0.05, 0.1) is 12.8 Å². The van der Waals surface area contributed by atoms with E-state index >= 15 is 0 Å². The molecule has 28 heavy (non-hydrogen) atoms. The molecule has 0 amide bonds. The molecule has 146 valence electrons. The lowest BCUT2D eigenvalue weighted by atomic mass is 9.92. The van der Waals surface area contributed by atoms with Crippen LogP contribution in [-0.2, 0) is 13.0 Å². The van der Waals surface area contributed by atoms with Gasteiger partial charge in [-0.1, -0.05) is 19.1 Å². The molecule has 1 aliphatic heterocycles. The number of aromatic nitrogens is 4. The maximum atomic E-state index is 5.25. The van der Waals surface area contributed by atoms with Crippen molar-refractivity contribution in [3.05, 3.63) is 66.1 Å². The molecule has 1 aromatic carbocycles. The third-order valence-electron chi connectivity index (χ3n) is 5.51. The van der Waals surface area contributed by atoms with Crippen LogP contribution in [0.5, 0.6) is 5.75 Å². The molecular formula is C22H27N5O. The minimum Gasteiger partial charge on any atom is -0.497 e. The van der Waals surface area contributed by atoms with Crippen LogP contribution in [0.2, 0.25) is 0 Å². The summed E-state index contributed by atoms with van der Waals surface area (Å²) in [5.41, 5.74) is 2.42. The van der Waals surface area contributed by atoms with Crippen molar-refractivity contribution in [3.8, 4) is 11.6 Å². The molecule has 1 saturated heterocycles. The van der Waals surface area contributed by atoms with Gasteiger partial charge < -0.3 is 4.74 Å². The van der Waals surface area contributed by atoms with Gasteiger partial charge in [-0.05, 0) is 43.6 Å². The molecule has 3 aromatic rings. The standard InChI is InChI=1S/C22H27N5O/c1-3-20-23-12-15-27(20)22-21(24-10-11-25-22)18-8-13-26(14-9-18)16-17-4-6-19(28-2)7-5-17/h4-7,10-12,15,18H,3,8-9,13-14,16H2,1-2H3. The Kier molecular flexibility index (Phi) is 5.67. The third-order valence-corrected chi connectivity index (χ3v) is 5.51. The van der Waals surface area contributed by atoms with E-state index < -0.39 is 0 Å². The molecule has 0 radical (unpaired) electrons. The molecule has 0 N–H and O–H groups in total. The molecule has 2 aromatic heterocycles. The number of benzene rings is 1. The lowest BCUT2D eigenvalue weighted by Gasteiger charge is -2.32. The van der Waals surface area contributed by atoms with E-state index in [1.54, 1.807) is 13.3 Å². The van der Waals surface area contributed by atoms with Crippen molar-refractivity contribution in [2.24, 2.45) is 0 Å². The van der Waals surface area contributed by atoms with Crippen LogP contribution in [0.1, 0.15) is 42.8 Å². The third kappa shape index (κ3) is 3.92. The number of aryl methyl sites for hydroxylation is 1. The van der Waals surface area contributed by atoms with Crippen LogP contribution >= 0.6 is 0 Å². The van der Waals surface area contributed by atoms with Crippen molar-refractivity contribution in [1.82, 2.24) is 24.4 Å². The van der Waals surface area contributed by atoms with E-state index in [0.717, 1.165) is 62.0 Å². The second kappa shape index (κ2) is 8.52. The predicted octanol–water partition coefficient (Wildman–Crippen LogP) is 3.61. The molecule has 1 aliphatic rings. The summed E-state index contributed by atoms with van der Waals surface area (Å²) in [6.45, 7) is 5.23. The molecule has 0 bridgehead atoms. The van der Waals surface area contributed by atoms with Crippen molar-refractivity contribution >= 4 is 0 Å². The average molecular weight is 377 g/mol. The van der Waals surface area contributed by atoms with Gasteiger partial charge in [-0.2, -0.15) is 0 Å². The Morgan fingerprint density at radius 2 is 1.75 bits per heavy atom. The summed E-state index contributed by atoms with van der Waals surface area (Å²) >= 11 is 0. The fraction of sp³-hybridized carbons (Fsp3) is 0.409. The summed E-state index contributed by atoms with van der Waals surface area (Å²) in [4.78, 5) is 16.3. The van der Waals surface area contributed by atoms with Gasteiger partial charge >= 0.3 is 0 Å². The number of ether oxygens (including phenoxy) is 1. The van der Waals surface area contributed by atoms with E-state index in [9.17, 15) is 0 Å². The predicted molar refractivity (Wildman–Crippen MR) is 109 cm³/mol. The molecule has 0 spiro atoms. The second-order valence-corrected chi connectivity index (χ2v) is 7.23. The monoisotopic (exact) mass is 377 g/mol. The van der Waals surface area contributed by atoms with Crippen molar-refractivity contribution in [1.29, 1.82) is 0 Å². The zero-order valence-corrected chi connectivity index (χ0v) is 16.6. The summed E-state index contributed by atoms with van der Waals surface area (Å²) in [5, 5.41) is 0. The Labute approximate surface area is 166 Å². The van der Waals surface area contributed by atoms with Crippen LogP contribution in [0.3, 0.4) is 0 Å². The fourth-order valence-corrected chi connectivity index (χ4v) is 3.96. The summed E-state index contributed by atoms with van der Waals surface area (Å²) < 4.78 is 7.34. The van der Waals surface area contributed by atoms with Crippen LogP contribution in [-0.4, -0.2) is 44.6 Å². The van der Waals surface area contributed by atoms with Gasteiger partial charge in [0, 0.05) is 43.7 Å². The Morgan fingerprint density at radius 1 is 1.00 bits per heavy atom. The smallest absolute Gasteiger partial charge is 0.160 e. The molecule has 0 aliphatic carbocycles. The highest BCUT2D eigenvalue weighted by molar-refractivity contribution is 5.33. The lowest BCUT2D eigenvalue weighted by molar-refractivity contribution is 0.203. The van der Waals surface area contributed by atoms with Crippen LogP contribution in [0.4, 0.5) is 0 Å². The molecule has 6 nitrogen and oxygen atoms in total. The first kappa shape index (κ1) is 18.6. The normalized spacial score (nSPS) is 15.6. The molecular weight excluding hydrogens is 350 g/mol. The van der Waals surface area contributed by atoms with Crippen LogP contribution in [0.25, 0.3) is 5.82 Å². The minimum absolute atomic E-state index is 0.433. The number of methoxy groups -OCH3 is 1. The highest BCUT2D eigenvalue weighted by atomic mass is 16.5. The van der Waals surface area contributed by atoms with Gasteiger partial charge in [0.25, 0.3) is 0 Å². The summed E-state index contributed by atoms with van der Waals surface area (Å²) in [6.07, 6.45) is 10.5. The lowest BCUT2D eigenvalue weighted by Crippen LogP contribution is -2.33. The van der Waals surface area contributed by atoms with Gasteiger partial charge in [-0.15, -0.1) is 0 Å². The molecule has 0 unspecified atom stereocenters. The Balaban J connectivity index is 1.44. The number of likely N-dealkylation sites (tertiary alicyclic amines) is 1. The van der Waals surface area contributed by atoms with Crippen LogP contribution in [0, 0.1) is 0 Å². The zero-order valence-electron chi connectivity index (χ0n) is 16.6. The Morgan fingerprint density at radius 3 is 2.46 bits per heavy atom. The number of piperidine rings is 1. The van der Waals surface area contributed by atoms with E-state index in [1.165, 1.54) is 5.56 Å². The van der Waals surface area contributed by atoms with E-state index in [2.05, 4.69) is 38.5 Å². The minimum atomic E-state index is 0.433. The second-order valence-electron chi connectivity index (χ2n) is 7.23. The van der Waals surface area contributed by atoms with E-state index in [-0.39, 0.29) is 0 Å². The van der Waals surface area contributed by atoms with Crippen LogP contribution in [0.15, 0.2) is 49.1 Å². The highest BCUT2D eigenvalue weighted by Gasteiger charge is 2.25. The topological polar surface area (TPSA) is 56.1 Å². The van der Waals surface area contributed by atoms with Gasteiger partial charge in [0.2, 0.25) is 0 Å². The molecule has 6 heteroatoms. The van der Waals surface area contributed by atoms with Gasteiger partial charge in [-0.25, -0.2) is 9.97 Å². The van der Waals surface area contributed by atoms with Crippen molar-refractivity contribution in [2.75, 3.05) is 20.2 Å². The molecule has 0 atom stereocenters. The first-order valence-electron chi connectivity index (χ1n) is 9.97. The van der Waals surface area contributed by atoms with Crippen molar-refractivity contribution in [2.45, 2.75) is 38.6 Å². The van der Waals surface area contributed by atoms with Crippen molar-refractivity contribution < 1.29 is 4.74 Å². The largest absolute Gasteiger partial charge is 0.497 e. The van der Waals surface area contributed by atoms with E-state index in [1.807, 2.05) is 30.7 Å². The highest BCUT2D eigenvalue weighted by Crippen LogP contribution is 2.30. The number of imidazole rings is 1. The summed E-state index contributed by atoms with van der Waals surface area (Å²) in [7, 11) is 1.70. The number of rotatable bonds is 6. The maximum Gasteiger partial charge on any atom is 0.160 e. The first-order valence-corrected chi connectivity index (χ1v) is 9.97. The van der Waals surface area contributed by atoms with E-state index in [4.69, 9.17) is 9.72 Å². The first-order chi connectivity index (χ1) is 13.8. The van der Waals surface area contributed by atoms with Gasteiger partial charge in [0.1, 0.15) is 11.6 Å². The number of hydrogen-bond acceptors (Lipinski definition) is 5. The Hall–Kier alpha value is -2.73. The van der Waals surface area contributed by atoms with Crippen molar-refractivity contribution in [3.63, 3.8) is 0 Å². The Bertz CT molecular complexity index is 897. The molecule has 0 saturated carbocycles. The van der Waals surface area contributed by atoms with Crippen LogP contribution < -0.4 is 4.74 Å². The van der Waals surface area contributed by atoms with Gasteiger partial charge in [-0.3, -0.25) is 14.5 Å². The summed E-state index contributed by atoms with van der Waals surface area (Å²) in [5.74, 6) is 3.30. The molecule has 3 heterocycles. The molecule has 1 fully saturated rings. The average Bonchev–Trinajstić information content (AvgIpc) is 3.24. The van der Waals surface area contributed by atoms with Gasteiger partial charge in [0.15, 0.2) is 5.82 Å². The zero-order chi connectivity index (χ0) is 19.3. The maximum absolute atomic E-state index is 5.25. The number of nitrogens with zero attached hydrogens (tertiary/aromatic N) is 5. The quantitative estimate of drug-likeness (QED) is 0.657. The van der Waals surface area contributed by atoms with E-state index in [0.29, 0.717) is 5.92 Å².